The van der Waals surface area contributed by atoms with E-state index in [1.54, 1.807) is 0 Å². The summed E-state index contributed by atoms with van der Waals surface area (Å²) < 4.78 is 30.9. The molecule has 17 heavy (non-hydrogen) atoms. The van der Waals surface area contributed by atoms with Crippen molar-refractivity contribution in [2.24, 2.45) is 0 Å². The Morgan fingerprint density at radius 1 is 1.24 bits per heavy atom. The third kappa shape index (κ3) is 4.76. The zero-order valence-electron chi connectivity index (χ0n) is 9.20. The predicted molar refractivity (Wildman–Crippen MR) is 57.6 cm³/mol. The number of hydrogen-bond acceptors (Lipinski definition) is 3. The van der Waals surface area contributed by atoms with Gasteiger partial charge in [0.2, 0.25) is 12.4 Å². The molecule has 0 saturated carbocycles. The van der Waals surface area contributed by atoms with Gasteiger partial charge >= 0.3 is 0 Å². The van der Waals surface area contributed by atoms with Crippen LogP contribution >= 0.6 is 0 Å². The molecule has 0 aliphatic heterocycles. The zero-order chi connectivity index (χ0) is 12.7. The Labute approximate surface area is 97.4 Å². The molecule has 1 rings (SSSR count). The van der Waals surface area contributed by atoms with Crippen molar-refractivity contribution in [1.29, 1.82) is 0 Å². The molecule has 0 bridgehead atoms. The maximum Gasteiger partial charge on any atom is 0.203 e. The minimum Gasteiger partial charge on any atom is -0.490 e. The van der Waals surface area contributed by atoms with Crippen molar-refractivity contribution in [2.75, 3.05) is 13.2 Å². The fraction of sp³-hybridized carbons (Fsp3) is 0.455. The van der Waals surface area contributed by atoms with Gasteiger partial charge in [0, 0.05) is 11.3 Å². The van der Waals surface area contributed by atoms with Gasteiger partial charge in [0.05, 0.1) is 6.61 Å². The van der Waals surface area contributed by atoms with Crippen LogP contribution in [0.15, 0.2) is 18.2 Å². The van der Waals surface area contributed by atoms with E-state index in [4.69, 9.17) is 4.74 Å². The summed E-state index contributed by atoms with van der Waals surface area (Å²) in [6.07, 6.45) is 1.66. The monoisotopic (exact) mass is 245 g/mol. The van der Waals surface area contributed by atoms with Crippen molar-refractivity contribution in [3.8, 4) is 5.75 Å². The van der Waals surface area contributed by atoms with Crippen LogP contribution in [0.2, 0.25) is 0 Å². The fourth-order valence-electron chi connectivity index (χ4n) is 1.30. The first kappa shape index (κ1) is 13.3. The summed E-state index contributed by atoms with van der Waals surface area (Å²) >= 11 is 0. The minimum atomic E-state index is -1.00. The normalized spacial score (nSPS) is 10.2. The van der Waals surface area contributed by atoms with E-state index in [0.29, 0.717) is 19.3 Å². The lowest BCUT2D eigenvalue weighted by molar-refractivity contribution is -0.480. The Morgan fingerprint density at radius 3 is 2.71 bits per heavy atom. The molecule has 0 unspecified atom stereocenters. The molecule has 0 saturated heterocycles. The van der Waals surface area contributed by atoms with Gasteiger partial charge in [0.25, 0.3) is 0 Å². The van der Waals surface area contributed by atoms with Gasteiger partial charge in [-0.1, -0.05) is 6.07 Å². The number of nitrogens with zero attached hydrogens (tertiary/aromatic N) is 1. The van der Waals surface area contributed by atoms with Crippen LogP contribution in [0, 0.1) is 21.7 Å². The Hall–Kier alpha value is -1.72. The first-order chi connectivity index (χ1) is 8.11. The van der Waals surface area contributed by atoms with Crippen LogP contribution in [0.4, 0.5) is 8.78 Å². The third-order valence-electron chi connectivity index (χ3n) is 2.16. The number of nitro groups is 1. The topological polar surface area (TPSA) is 52.4 Å². The molecule has 0 aliphatic rings. The van der Waals surface area contributed by atoms with Crippen LogP contribution in [-0.4, -0.2) is 18.1 Å². The smallest absolute Gasteiger partial charge is 0.203 e. The van der Waals surface area contributed by atoms with Crippen LogP contribution in [0.3, 0.4) is 0 Å². The van der Waals surface area contributed by atoms with Gasteiger partial charge < -0.3 is 4.74 Å². The molecule has 0 N–H and O–H groups in total. The molecule has 0 aromatic heterocycles. The van der Waals surface area contributed by atoms with Gasteiger partial charge in [0.15, 0.2) is 11.6 Å². The summed E-state index contributed by atoms with van der Waals surface area (Å²) in [5.74, 6) is -2.08. The summed E-state index contributed by atoms with van der Waals surface area (Å²) in [6.45, 7) is 0.145. The van der Waals surface area contributed by atoms with E-state index >= 15 is 0 Å². The number of halogens is 2. The van der Waals surface area contributed by atoms with Crippen LogP contribution in [-0.2, 0) is 0 Å². The van der Waals surface area contributed by atoms with E-state index in [0.717, 1.165) is 6.07 Å². The first-order valence-electron chi connectivity index (χ1n) is 5.30. The Morgan fingerprint density at radius 2 is 2.00 bits per heavy atom. The van der Waals surface area contributed by atoms with E-state index < -0.39 is 11.6 Å². The predicted octanol–water partition coefficient (Wildman–Crippen LogP) is 2.79. The van der Waals surface area contributed by atoms with E-state index in [-0.39, 0.29) is 23.8 Å². The molecular formula is C11H13F2NO3. The number of ether oxygens (including phenoxy) is 1. The van der Waals surface area contributed by atoms with E-state index in [2.05, 4.69) is 0 Å². The molecule has 94 valence electrons. The second-order valence-corrected chi connectivity index (χ2v) is 3.52. The van der Waals surface area contributed by atoms with Crippen LogP contribution in [0.5, 0.6) is 5.75 Å². The van der Waals surface area contributed by atoms with Gasteiger partial charge in [-0.05, 0) is 25.0 Å². The minimum absolute atomic E-state index is 0.0751. The quantitative estimate of drug-likeness (QED) is 0.421. The average Bonchev–Trinajstić information content (AvgIpc) is 2.28. The van der Waals surface area contributed by atoms with E-state index in [1.807, 2.05) is 0 Å². The van der Waals surface area contributed by atoms with Crippen molar-refractivity contribution in [3.63, 3.8) is 0 Å². The molecular weight excluding hydrogens is 232 g/mol. The molecule has 0 radical (unpaired) electrons. The lowest BCUT2D eigenvalue weighted by Crippen LogP contribution is -2.03. The highest BCUT2D eigenvalue weighted by molar-refractivity contribution is 5.24. The lowest BCUT2D eigenvalue weighted by Gasteiger charge is -2.06. The highest BCUT2D eigenvalue weighted by Crippen LogP contribution is 2.19. The van der Waals surface area contributed by atoms with Crippen LogP contribution in [0.25, 0.3) is 0 Å². The molecule has 0 amide bonds. The summed E-state index contributed by atoms with van der Waals surface area (Å²) in [4.78, 5) is 9.64. The average molecular weight is 245 g/mol. The van der Waals surface area contributed by atoms with Gasteiger partial charge in [-0.2, -0.15) is 4.39 Å². The first-order valence-corrected chi connectivity index (χ1v) is 5.30. The maximum atomic E-state index is 13.1. The fourth-order valence-corrected chi connectivity index (χ4v) is 1.30. The summed E-state index contributed by atoms with van der Waals surface area (Å²) in [7, 11) is 0. The van der Waals surface area contributed by atoms with Crippen LogP contribution < -0.4 is 4.74 Å². The SMILES string of the molecule is O=[N+]([O-])CCCCCOc1cccc(F)c1F. The summed E-state index contributed by atoms with van der Waals surface area (Å²) in [5.41, 5.74) is 0. The Balaban J connectivity index is 2.22. The van der Waals surface area contributed by atoms with Crippen LogP contribution in [0.1, 0.15) is 19.3 Å². The van der Waals surface area contributed by atoms with E-state index in [9.17, 15) is 18.9 Å². The van der Waals surface area contributed by atoms with Crippen molar-refractivity contribution in [1.82, 2.24) is 0 Å². The van der Waals surface area contributed by atoms with Gasteiger partial charge in [-0.3, -0.25) is 10.1 Å². The molecule has 0 heterocycles. The van der Waals surface area contributed by atoms with Crippen molar-refractivity contribution in [3.05, 3.63) is 39.9 Å². The molecule has 0 spiro atoms. The standard InChI is InChI=1S/C11H13F2NO3/c12-9-5-4-6-10(11(9)13)17-8-3-1-2-7-14(15)16/h4-6H,1-3,7-8H2. The lowest BCUT2D eigenvalue weighted by atomic mass is 10.2. The second-order valence-electron chi connectivity index (χ2n) is 3.52. The van der Waals surface area contributed by atoms with Gasteiger partial charge in [-0.15, -0.1) is 0 Å². The molecule has 0 fully saturated rings. The number of unbranched alkanes of at least 4 members (excludes halogenated alkanes) is 2. The van der Waals surface area contributed by atoms with Crippen molar-refractivity contribution < 1.29 is 18.4 Å². The number of rotatable bonds is 7. The number of hydrogen-bond donors (Lipinski definition) is 0. The molecule has 0 aliphatic carbocycles. The summed E-state index contributed by atoms with van der Waals surface area (Å²) in [5, 5.41) is 10.0. The molecule has 1 aromatic rings. The number of benzene rings is 1. The summed E-state index contributed by atoms with van der Waals surface area (Å²) in [6, 6.07) is 3.72. The molecule has 4 nitrogen and oxygen atoms in total. The van der Waals surface area contributed by atoms with Crippen molar-refractivity contribution >= 4 is 0 Å². The largest absolute Gasteiger partial charge is 0.490 e. The van der Waals surface area contributed by atoms with Gasteiger partial charge in [-0.25, -0.2) is 4.39 Å². The van der Waals surface area contributed by atoms with E-state index in [1.165, 1.54) is 12.1 Å². The third-order valence-corrected chi connectivity index (χ3v) is 2.16. The highest BCUT2D eigenvalue weighted by atomic mass is 19.2. The maximum absolute atomic E-state index is 13.1. The molecule has 1 aromatic carbocycles. The Bertz CT molecular complexity index is 385. The second kappa shape index (κ2) is 6.78. The van der Waals surface area contributed by atoms with Crippen molar-refractivity contribution in [2.45, 2.75) is 19.3 Å². The molecule has 0 atom stereocenters. The van der Waals surface area contributed by atoms with Gasteiger partial charge in [0.1, 0.15) is 0 Å². The highest BCUT2D eigenvalue weighted by Gasteiger charge is 2.08. The Kier molecular flexibility index (Phi) is 5.32. The zero-order valence-corrected chi connectivity index (χ0v) is 9.20. The molecule has 6 heteroatoms.